The van der Waals surface area contributed by atoms with Crippen molar-refractivity contribution in [1.82, 2.24) is 4.72 Å². The average molecular weight is 530 g/mol. The Balaban J connectivity index is 1.56. The number of unbranched alkanes of at least 4 members (excludes halogenated alkanes) is 1. The summed E-state index contributed by atoms with van der Waals surface area (Å²) in [5.41, 5.74) is 0.978. The number of benzene rings is 2. The van der Waals surface area contributed by atoms with E-state index in [1.165, 1.54) is 24.3 Å². The van der Waals surface area contributed by atoms with Crippen LogP contribution in [0, 0.1) is 0 Å². The predicted molar refractivity (Wildman–Crippen MR) is 136 cm³/mol. The second-order valence-corrected chi connectivity index (χ2v) is 10.1. The van der Waals surface area contributed by atoms with E-state index in [0.717, 1.165) is 19.9 Å². The number of nitrogens with zero attached hydrogens (tertiary/aromatic N) is 1. The number of anilines is 2. The Bertz CT molecular complexity index is 1360. The minimum absolute atomic E-state index is 0.114. The zero-order valence-electron chi connectivity index (χ0n) is 19.5. The van der Waals surface area contributed by atoms with Gasteiger partial charge in [-0.15, -0.1) is 0 Å². The number of nitrogens with one attached hydrogen (secondary N) is 3. The van der Waals surface area contributed by atoms with Crippen LogP contribution >= 0.6 is 11.6 Å². The summed E-state index contributed by atoms with van der Waals surface area (Å²) in [6, 6.07) is 15.6. The lowest BCUT2D eigenvalue weighted by Crippen LogP contribution is -2.32. The molecule has 0 aliphatic rings. The van der Waals surface area contributed by atoms with E-state index < -0.39 is 21.8 Å². The summed E-state index contributed by atoms with van der Waals surface area (Å²) in [4.78, 5) is 36.3. The predicted octanol–water partition coefficient (Wildman–Crippen LogP) is 3.51. The zero-order valence-corrected chi connectivity index (χ0v) is 21.1. The van der Waals surface area contributed by atoms with Gasteiger partial charge in [-0.1, -0.05) is 23.7 Å². The summed E-state index contributed by atoms with van der Waals surface area (Å²) in [5, 5.41) is 6.11. The normalized spacial score (nSPS) is 10.9. The van der Waals surface area contributed by atoms with Gasteiger partial charge in [0.2, 0.25) is 11.8 Å². The lowest BCUT2D eigenvalue weighted by Gasteiger charge is -2.12. The van der Waals surface area contributed by atoms with Crippen molar-refractivity contribution >= 4 is 50.7 Å². The fourth-order valence-electron chi connectivity index (χ4n) is 3.38. The molecule has 0 bridgehead atoms. The first kappa shape index (κ1) is 26.8. The minimum atomic E-state index is -3.97. The lowest BCUT2D eigenvalue weighted by atomic mass is 10.1. The van der Waals surface area contributed by atoms with Crippen molar-refractivity contribution in [3.63, 3.8) is 0 Å². The molecule has 36 heavy (non-hydrogen) atoms. The number of carbonyl (C=O) groups is 3. The molecular weight excluding hydrogens is 504 g/mol. The van der Waals surface area contributed by atoms with Crippen LogP contribution in [0.5, 0.6) is 0 Å². The smallest absolute Gasteiger partial charge is 0.264 e. The molecule has 3 aromatic rings. The first-order valence-corrected chi connectivity index (χ1v) is 13.0. The third-order valence-electron chi connectivity index (χ3n) is 5.04. The summed E-state index contributed by atoms with van der Waals surface area (Å²) in [6.45, 7) is 1.83. The maximum Gasteiger partial charge on any atom is 0.264 e. The van der Waals surface area contributed by atoms with E-state index in [-0.39, 0.29) is 16.4 Å². The largest absolute Gasteiger partial charge is 0.325 e. The second-order valence-electron chi connectivity index (χ2n) is 7.95. The summed E-state index contributed by atoms with van der Waals surface area (Å²) >= 11 is 5.98. The van der Waals surface area contributed by atoms with Crippen molar-refractivity contribution in [3.8, 4) is 0 Å². The monoisotopic (exact) mass is 529 g/mol. The van der Waals surface area contributed by atoms with E-state index in [1.807, 2.05) is 27.7 Å². The molecule has 3 rings (SSSR count). The molecule has 0 aliphatic heterocycles. The van der Waals surface area contributed by atoms with Gasteiger partial charge in [-0.3, -0.25) is 14.4 Å². The van der Waals surface area contributed by atoms with Crippen molar-refractivity contribution in [2.45, 2.75) is 37.6 Å². The number of aryl methyl sites for hydroxylation is 1. The second kappa shape index (κ2) is 12.3. The molecule has 188 valence electrons. The highest BCUT2D eigenvalue weighted by atomic mass is 35.5. The van der Waals surface area contributed by atoms with Crippen LogP contribution in [0.25, 0.3) is 0 Å². The fourth-order valence-corrected chi connectivity index (χ4v) is 4.56. The van der Waals surface area contributed by atoms with Crippen LogP contribution in [-0.4, -0.2) is 26.1 Å². The molecule has 0 aliphatic carbocycles. The number of pyridine rings is 1. The van der Waals surface area contributed by atoms with E-state index in [9.17, 15) is 22.8 Å². The molecule has 3 N–H and O–H groups in total. The van der Waals surface area contributed by atoms with E-state index in [4.69, 9.17) is 11.6 Å². The Labute approximate surface area is 214 Å². The summed E-state index contributed by atoms with van der Waals surface area (Å²) < 4.78 is 28.0. The third kappa shape index (κ3) is 7.89. The highest BCUT2D eigenvalue weighted by molar-refractivity contribution is 7.90. The molecular formula is C25H26ClN4O5S+. The number of halogens is 1. The van der Waals surface area contributed by atoms with Crippen LogP contribution in [0.4, 0.5) is 11.4 Å². The zero-order chi connectivity index (χ0) is 26.1. The molecule has 11 heteroatoms. The third-order valence-corrected chi connectivity index (χ3v) is 6.71. The van der Waals surface area contributed by atoms with Crippen LogP contribution in [0.2, 0.25) is 5.02 Å². The first-order chi connectivity index (χ1) is 17.1. The molecule has 0 unspecified atom stereocenters. The van der Waals surface area contributed by atoms with Crippen LogP contribution in [-0.2, 0) is 26.2 Å². The SMILES string of the molecule is CC(=O)NS(=O)(=O)c1ccc(NC(=O)c2ccccc2NC(=O)CCCC[n+]2cccc(Cl)c2)cc1. The van der Waals surface area contributed by atoms with Gasteiger partial charge in [0.25, 0.3) is 15.9 Å². The molecule has 0 saturated carbocycles. The molecule has 0 atom stereocenters. The molecule has 3 amide bonds. The fraction of sp³-hybridized carbons (Fsp3) is 0.200. The molecule has 2 aromatic carbocycles. The van der Waals surface area contributed by atoms with Crippen LogP contribution in [0.1, 0.15) is 36.5 Å². The molecule has 9 nitrogen and oxygen atoms in total. The van der Waals surface area contributed by atoms with Gasteiger partial charge >= 0.3 is 0 Å². The summed E-state index contributed by atoms with van der Waals surface area (Å²) in [7, 11) is -3.97. The highest BCUT2D eigenvalue weighted by Crippen LogP contribution is 2.19. The van der Waals surface area contributed by atoms with Gasteiger partial charge in [0.05, 0.1) is 16.1 Å². The number of amides is 3. The van der Waals surface area contributed by atoms with E-state index in [0.29, 0.717) is 29.2 Å². The van der Waals surface area contributed by atoms with Crippen molar-refractivity contribution in [2.75, 3.05) is 10.6 Å². The number of carbonyl (C=O) groups excluding carboxylic acids is 3. The van der Waals surface area contributed by atoms with Gasteiger partial charge in [0, 0.05) is 31.5 Å². The van der Waals surface area contributed by atoms with Gasteiger partial charge in [0.1, 0.15) is 11.6 Å². The Morgan fingerprint density at radius 3 is 2.33 bits per heavy atom. The topological polar surface area (TPSA) is 125 Å². The van der Waals surface area contributed by atoms with E-state index in [1.54, 1.807) is 30.3 Å². The Morgan fingerprint density at radius 1 is 0.917 bits per heavy atom. The van der Waals surface area contributed by atoms with Crippen molar-refractivity contribution < 1.29 is 27.4 Å². The summed E-state index contributed by atoms with van der Waals surface area (Å²) in [6.07, 6.45) is 5.48. The van der Waals surface area contributed by atoms with Gasteiger partial charge < -0.3 is 10.6 Å². The Hall–Kier alpha value is -3.76. The molecule has 0 radical (unpaired) electrons. The highest BCUT2D eigenvalue weighted by Gasteiger charge is 2.17. The van der Waals surface area contributed by atoms with E-state index >= 15 is 0 Å². The van der Waals surface area contributed by atoms with E-state index in [2.05, 4.69) is 10.6 Å². The first-order valence-electron chi connectivity index (χ1n) is 11.1. The average Bonchev–Trinajstić information content (AvgIpc) is 2.82. The minimum Gasteiger partial charge on any atom is -0.325 e. The van der Waals surface area contributed by atoms with Crippen LogP contribution in [0.3, 0.4) is 0 Å². The number of hydrogen-bond donors (Lipinski definition) is 3. The number of aromatic nitrogens is 1. The van der Waals surface area contributed by atoms with Gasteiger partial charge in [-0.05, 0) is 48.9 Å². The van der Waals surface area contributed by atoms with Gasteiger partial charge in [-0.25, -0.2) is 17.7 Å². The van der Waals surface area contributed by atoms with Gasteiger partial charge in [0.15, 0.2) is 12.4 Å². The quantitative estimate of drug-likeness (QED) is 0.274. The van der Waals surface area contributed by atoms with Crippen LogP contribution in [0.15, 0.2) is 78.0 Å². The number of hydrogen-bond acceptors (Lipinski definition) is 5. The lowest BCUT2D eigenvalue weighted by molar-refractivity contribution is -0.697. The molecule has 1 heterocycles. The maximum absolute atomic E-state index is 12.8. The van der Waals surface area contributed by atoms with Crippen molar-refractivity contribution in [2.24, 2.45) is 0 Å². The van der Waals surface area contributed by atoms with Crippen molar-refractivity contribution in [1.29, 1.82) is 0 Å². The van der Waals surface area contributed by atoms with Crippen molar-refractivity contribution in [3.05, 3.63) is 83.6 Å². The maximum atomic E-state index is 12.8. The number of rotatable bonds is 10. The Morgan fingerprint density at radius 2 is 1.64 bits per heavy atom. The number of para-hydroxylation sites is 1. The van der Waals surface area contributed by atoms with Crippen LogP contribution < -0.4 is 19.9 Å². The molecule has 0 fully saturated rings. The molecule has 0 spiro atoms. The molecule has 1 aromatic heterocycles. The summed E-state index contributed by atoms with van der Waals surface area (Å²) in [5.74, 6) is -1.38. The van der Waals surface area contributed by atoms with Gasteiger partial charge in [-0.2, -0.15) is 0 Å². The Kier molecular flexibility index (Phi) is 9.15. The molecule has 0 saturated heterocycles. The number of sulfonamides is 1. The standard InChI is InChI=1S/C25H25ClN4O5S/c1-18(31)29-36(34,35)21-13-11-20(12-14-21)27-25(33)22-8-2-3-9-23(22)28-24(32)10-4-5-15-30-16-6-7-19(26)17-30/h2-3,6-9,11-14,16-17H,4-5,10,15H2,1H3,(H2-,27,28,29,31,32,33)/p+1.